The molecule has 4 saturated carbocycles. The van der Waals surface area contributed by atoms with Crippen LogP contribution in [0.3, 0.4) is 0 Å². The molecule has 0 radical (unpaired) electrons. The molecule has 4 nitrogen and oxygen atoms in total. The van der Waals surface area contributed by atoms with Gasteiger partial charge in [0.2, 0.25) is 0 Å². The fourth-order valence-electron chi connectivity index (χ4n) is 11.7. The van der Waals surface area contributed by atoms with E-state index in [1.807, 2.05) is 0 Å². The molecule has 7 aliphatic carbocycles. The molecule has 0 spiro atoms. The molecule has 0 unspecified atom stereocenters. The highest BCUT2D eigenvalue weighted by atomic mass is 16.6. The molecule has 42 heavy (non-hydrogen) atoms. The second-order valence-electron chi connectivity index (χ2n) is 16.7. The molecule has 0 aromatic heterocycles. The molecule has 4 fully saturated rings. The minimum atomic E-state index is -0.597. The van der Waals surface area contributed by atoms with Gasteiger partial charge in [-0.15, -0.1) is 0 Å². The number of hydrogen-bond donors (Lipinski definition) is 0. The Balaban J connectivity index is 1.22. The fraction of sp³-hybridized carbons (Fsp3) is 0.632. The van der Waals surface area contributed by atoms with Crippen LogP contribution in [0.1, 0.15) is 114 Å². The second-order valence-corrected chi connectivity index (χ2v) is 16.7. The summed E-state index contributed by atoms with van der Waals surface area (Å²) < 4.78 is 13.4. The van der Waals surface area contributed by atoms with E-state index in [4.69, 9.17) is 9.47 Å². The van der Waals surface area contributed by atoms with E-state index in [9.17, 15) is 9.59 Å². The average molecular weight is 567 g/mol. The molecular formula is C38H46O4. The van der Waals surface area contributed by atoms with E-state index >= 15 is 0 Å². The van der Waals surface area contributed by atoms with Gasteiger partial charge in [-0.3, -0.25) is 9.59 Å². The number of esters is 2. The number of carbonyl (C=O) groups excluding carboxylic acids is 2. The Bertz CT molecular complexity index is 1320. The predicted octanol–water partition coefficient (Wildman–Crippen LogP) is 8.03. The quantitative estimate of drug-likeness (QED) is 0.352. The minimum absolute atomic E-state index is 0.00499. The van der Waals surface area contributed by atoms with Crippen LogP contribution in [0.5, 0.6) is 0 Å². The van der Waals surface area contributed by atoms with Gasteiger partial charge in [0.25, 0.3) is 0 Å². The van der Waals surface area contributed by atoms with Gasteiger partial charge in [-0.1, -0.05) is 90.1 Å². The first-order valence-corrected chi connectivity index (χ1v) is 16.5. The summed E-state index contributed by atoms with van der Waals surface area (Å²) in [5.41, 5.74) is 4.54. The van der Waals surface area contributed by atoms with Gasteiger partial charge in [0.05, 0.1) is 11.8 Å². The van der Waals surface area contributed by atoms with Crippen molar-refractivity contribution >= 4 is 11.9 Å². The molecule has 2 aromatic rings. The van der Waals surface area contributed by atoms with Crippen LogP contribution in [-0.2, 0) is 19.1 Å². The highest BCUT2D eigenvalue weighted by Crippen LogP contribution is 2.66. The molecule has 222 valence electrons. The lowest BCUT2D eigenvalue weighted by molar-refractivity contribution is -0.184. The van der Waals surface area contributed by atoms with Gasteiger partial charge < -0.3 is 9.47 Å². The van der Waals surface area contributed by atoms with E-state index in [0.717, 1.165) is 47.9 Å². The molecule has 0 saturated heterocycles. The average Bonchev–Trinajstić information content (AvgIpc) is 3.66. The van der Waals surface area contributed by atoms with Gasteiger partial charge in [0, 0.05) is 33.5 Å². The van der Waals surface area contributed by atoms with Crippen molar-refractivity contribution in [1.82, 2.24) is 0 Å². The normalized spacial score (nSPS) is 42.7. The van der Waals surface area contributed by atoms with Crippen molar-refractivity contribution in [3.05, 3.63) is 70.8 Å². The predicted molar refractivity (Wildman–Crippen MR) is 162 cm³/mol. The number of hydrogen-bond acceptors (Lipinski definition) is 4. The smallest absolute Gasteiger partial charge is 0.311 e. The van der Waals surface area contributed by atoms with Crippen molar-refractivity contribution in [2.75, 3.05) is 0 Å². The van der Waals surface area contributed by atoms with Crippen LogP contribution in [0.2, 0.25) is 0 Å². The van der Waals surface area contributed by atoms with E-state index in [2.05, 4.69) is 90.1 Å². The standard InChI is InChI=1S/C38H46O4/c1-35(2)21-15-17-37(5,19-21)33(35)41-31(39)29-27-23-11-7-9-13-25(23)28(26-14-10-8-12-24(26)27)30(29)32(40)42-34-36(3,4)22-16-18-38(34,6)20-22/h7-14,21-22,27-30,33-34H,15-20H2,1-6H3/t21-,22-,27?,28?,29-,30-,33+,34+,37+,38+/m0/s1. The number of carbonyl (C=O) groups is 2. The highest BCUT2D eigenvalue weighted by Gasteiger charge is 2.65. The molecule has 0 aliphatic heterocycles. The van der Waals surface area contributed by atoms with Gasteiger partial charge in [-0.25, -0.2) is 0 Å². The molecule has 7 aliphatic rings. The van der Waals surface area contributed by atoms with Gasteiger partial charge in [0.15, 0.2) is 0 Å². The third kappa shape index (κ3) is 3.36. The summed E-state index contributed by atoms with van der Waals surface area (Å²) in [7, 11) is 0. The number of fused-ring (bicyclic) bond motifs is 5. The van der Waals surface area contributed by atoms with Gasteiger partial charge >= 0.3 is 11.9 Å². The zero-order chi connectivity index (χ0) is 29.4. The first kappa shape index (κ1) is 27.0. The van der Waals surface area contributed by atoms with Crippen molar-refractivity contribution in [2.45, 2.75) is 104 Å². The molecule has 0 heterocycles. The van der Waals surface area contributed by atoms with Crippen molar-refractivity contribution in [3.8, 4) is 0 Å². The van der Waals surface area contributed by atoms with Crippen molar-refractivity contribution in [3.63, 3.8) is 0 Å². The van der Waals surface area contributed by atoms with Gasteiger partial charge in [-0.2, -0.15) is 0 Å². The van der Waals surface area contributed by atoms with Crippen LogP contribution in [-0.4, -0.2) is 24.1 Å². The lowest BCUT2D eigenvalue weighted by atomic mass is 9.54. The van der Waals surface area contributed by atoms with Crippen LogP contribution in [0.25, 0.3) is 0 Å². The van der Waals surface area contributed by atoms with E-state index in [1.165, 1.54) is 12.8 Å². The maximum atomic E-state index is 14.7. The van der Waals surface area contributed by atoms with Crippen LogP contribution in [0, 0.1) is 45.3 Å². The Kier molecular flexibility index (Phi) is 5.46. The van der Waals surface area contributed by atoms with E-state index in [1.54, 1.807) is 0 Å². The minimum Gasteiger partial charge on any atom is -0.461 e. The molecule has 9 rings (SSSR count). The molecule has 4 heteroatoms. The van der Waals surface area contributed by atoms with Crippen molar-refractivity contribution in [1.29, 1.82) is 0 Å². The summed E-state index contributed by atoms with van der Waals surface area (Å²) in [4.78, 5) is 29.4. The lowest BCUT2D eigenvalue weighted by Gasteiger charge is -2.50. The van der Waals surface area contributed by atoms with Crippen LogP contribution in [0.4, 0.5) is 0 Å². The Morgan fingerprint density at radius 2 is 0.929 bits per heavy atom. The molecular weight excluding hydrogens is 520 g/mol. The number of benzene rings is 2. The summed E-state index contributed by atoms with van der Waals surface area (Å²) in [6, 6.07) is 16.9. The Hall–Kier alpha value is -2.62. The van der Waals surface area contributed by atoms with Crippen LogP contribution >= 0.6 is 0 Å². The third-order valence-corrected chi connectivity index (χ3v) is 13.7. The molecule has 0 amide bonds. The first-order valence-electron chi connectivity index (χ1n) is 16.5. The van der Waals surface area contributed by atoms with E-state index < -0.39 is 11.8 Å². The molecule has 2 aromatic carbocycles. The number of ether oxygens (including phenoxy) is 2. The second kappa shape index (κ2) is 8.51. The zero-order valence-electron chi connectivity index (χ0n) is 26.1. The van der Waals surface area contributed by atoms with Crippen LogP contribution < -0.4 is 0 Å². The monoisotopic (exact) mass is 566 g/mol. The van der Waals surface area contributed by atoms with E-state index in [-0.39, 0.29) is 57.6 Å². The molecule has 8 atom stereocenters. The summed E-state index contributed by atoms with van der Waals surface area (Å²) in [6.07, 6.45) is 6.57. The Labute approximate surface area is 250 Å². The summed E-state index contributed by atoms with van der Waals surface area (Å²) in [5.74, 6) is -0.892. The van der Waals surface area contributed by atoms with Crippen LogP contribution in [0.15, 0.2) is 48.5 Å². The SMILES string of the molecule is CC1(C)[C@H]2CC[C@](C)(C2)[C@@H]1OC(=O)[C@H]1C2c3ccccc3C(c3ccccc32)[C@@H]1C(=O)O[C@@H]1C(C)(C)[C@H]2CC[C@]1(C)C2. The Morgan fingerprint density at radius 3 is 1.21 bits per heavy atom. The molecule has 6 bridgehead atoms. The van der Waals surface area contributed by atoms with Crippen molar-refractivity contribution < 1.29 is 19.1 Å². The summed E-state index contributed by atoms with van der Waals surface area (Å²) in [5, 5.41) is 0. The topological polar surface area (TPSA) is 52.6 Å². The maximum Gasteiger partial charge on any atom is 0.311 e. The third-order valence-electron chi connectivity index (χ3n) is 13.7. The molecule has 0 N–H and O–H groups in total. The first-order chi connectivity index (χ1) is 19.9. The van der Waals surface area contributed by atoms with Gasteiger partial charge in [0.1, 0.15) is 12.2 Å². The fourth-order valence-corrected chi connectivity index (χ4v) is 11.7. The largest absolute Gasteiger partial charge is 0.461 e. The summed E-state index contributed by atoms with van der Waals surface area (Å²) in [6.45, 7) is 13.7. The van der Waals surface area contributed by atoms with E-state index in [0.29, 0.717) is 11.8 Å². The maximum absolute atomic E-state index is 14.7. The lowest BCUT2D eigenvalue weighted by Crippen LogP contribution is -2.52. The Morgan fingerprint density at radius 1 is 0.595 bits per heavy atom. The highest BCUT2D eigenvalue weighted by molar-refractivity contribution is 5.88. The zero-order valence-corrected chi connectivity index (χ0v) is 26.1. The van der Waals surface area contributed by atoms with Crippen molar-refractivity contribution in [2.24, 2.45) is 45.3 Å². The number of rotatable bonds is 4. The van der Waals surface area contributed by atoms with Gasteiger partial charge in [-0.05, 0) is 72.6 Å². The summed E-state index contributed by atoms with van der Waals surface area (Å²) >= 11 is 0.